The Labute approximate surface area is 115 Å². The zero-order valence-corrected chi connectivity index (χ0v) is 11.2. The first-order valence-electron chi connectivity index (χ1n) is 5.97. The molecule has 20 heavy (non-hydrogen) atoms. The molecule has 0 heterocycles. The lowest BCUT2D eigenvalue weighted by molar-refractivity contribution is -0.384. The molecule has 1 rings (SSSR count). The largest absolute Gasteiger partial charge is 0.463 e. The zero-order chi connectivity index (χ0) is 15.1. The first kappa shape index (κ1) is 15.6. The van der Waals surface area contributed by atoms with E-state index in [9.17, 15) is 19.7 Å². The number of carbonyl (C=O) groups is 2. The number of nitro benzene ring substituents is 1. The Hall–Kier alpha value is -2.44. The monoisotopic (exact) mass is 281 g/mol. The minimum absolute atomic E-state index is 0.0411. The van der Waals surface area contributed by atoms with Crippen LogP contribution in [0.2, 0.25) is 0 Å². The average Bonchev–Trinajstić information content (AvgIpc) is 2.35. The molecule has 0 atom stereocenters. The van der Waals surface area contributed by atoms with E-state index < -0.39 is 23.3 Å². The summed E-state index contributed by atoms with van der Waals surface area (Å²) in [6.45, 7) is 3.31. The minimum Gasteiger partial charge on any atom is -0.463 e. The number of carbonyl (C=O) groups excluding carboxylic acids is 2. The van der Waals surface area contributed by atoms with Crippen LogP contribution in [0.5, 0.6) is 0 Å². The molecule has 1 aromatic carbocycles. The van der Waals surface area contributed by atoms with Gasteiger partial charge in [0.15, 0.2) is 0 Å². The van der Waals surface area contributed by atoms with Crippen LogP contribution in [0.3, 0.4) is 0 Å². The van der Waals surface area contributed by atoms with E-state index in [2.05, 4.69) is 0 Å². The van der Waals surface area contributed by atoms with Crippen molar-refractivity contribution in [3.63, 3.8) is 0 Å². The number of esters is 2. The lowest BCUT2D eigenvalue weighted by atomic mass is 10.2. The molecule has 7 heteroatoms. The molecule has 0 aliphatic carbocycles. The second-order valence-corrected chi connectivity index (χ2v) is 4.30. The van der Waals surface area contributed by atoms with E-state index >= 15 is 0 Å². The third kappa shape index (κ3) is 5.47. The van der Waals surface area contributed by atoms with Gasteiger partial charge in [0.1, 0.15) is 13.0 Å². The number of benzene rings is 1. The molecule has 0 unspecified atom stereocenters. The van der Waals surface area contributed by atoms with Crippen molar-refractivity contribution in [3.8, 4) is 0 Å². The fourth-order valence-electron chi connectivity index (χ4n) is 1.35. The molecule has 0 saturated carbocycles. The Morgan fingerprint density at radius 1 is 1.20 bits per heavy atom. The van der Waals surface area contributed by atoms with Gasteiger partial charge in [0.2, 0.25) is 0 Å². The highest BCUT2D eigenvalue weighted by atomic mass is 16.6. The first-order valence-corrected chi connectivity index (χ1v) is 5.97. The smallest absolute Gasteiger partial charge is 0.317 e. The quantitative estimate of drug-likeness (QED) is 0.342. The summed E-state index contributed by atoms with van der Waals surface area (Å²) in [7, 11) is 0. The van der Waals surface area contributed by atoms with Gasteiger partial charge in [-0.05, 0) is 31.5 Å². The highest BCUT2D eigenvalue weighted by Crippen LogP contribution is 2.12. The summed E-state index contributed by atoms with van der Waals surface area (Å²) in [4.78, 5) is 32.5. The van der Waals surface area contributed by atoms with Crippen molar-refractivity contribution in [3.05, 3.63) is 39.9 Å². The number of non-ortho nitro benzene ring substituents is 1. The van der Waals surface area contributed by atoms with Gasteiger partial charge in [-0.3, -0.25) is 19.7 Å². The molecular weight excluding hydrogens is 266 g/mol. The van der Waals surface area contributed by atoms with Crippen LogP contribution in [0, 0.1) is 10.1 Å². The third-order valence-electron chi connectivity index (χ3n) is 2.20. The van der Waals surface area contributed by atoms with Crippen LogP contribution >= 0.6 is 0 Å². The summed E-state index contributed by atoms with van der Waals surface area (Å²) in [5.74, 6) is -1.34. The summed E-state index contributed by atoms with van der Waals surface area (Å²) >= 11 is 0. The standard InChI is InChI=1S/C13H15NO6/c1-9(2)20-13(16)7-12(15)19-8-10-3-5-11(6-4-10)14(17)18/h3-6,9H,7-8H2,1-2H3. The molecule has 0 spiro atoms. The number of nitro groups is 1. The van der Waals surface area contributed by atoms with Gasteiger partial charge in [0.25, 0.3) is 5.69 Å². The maximum atomic E-state index is 11.4. The number of hydrogen-bond acceptors (Lipinski definition) is 6. The predicted octanol–water partition coefficient (Wildman–Crippen LogP) is 1.98. The van der Waals surface area contributed by atoms with E-state index in [0.29, 0.717) is 5.56 Å². The highest BCUT2D eigenvalue weighted by molar-refractivity contribution is 5.91. The Kier molecular flexibility index (Phi) is 5.64. The van der Waals surface area contributed by atoms with E-state index in [1.54, 1.807) is 13.8 Å². The Bertz CT molecular complexity index is 494. The van der Waals surface area contributed by atoms with Gasteiger partial charge in [0.05, 0.1) is 11.0 Å². The Balaban J connectivity index is 2.41. The van der Waals surface area contributed by atoms with Gasteiger partial charge in [-0.2, -0.15) is 0 Å². The number of hydrogen-bond donors (Lipinski definition) is 0. The molecule has 1 aromatic rings. The van der Waals surface area contributed by atoms with Gasteiger partial charge in [-0.25, -0.2) is 0 Å². The lowest BCUT2D eigenvalue weighted by Crippen LogP contribution is -2.17. The number of ether oxygens (including phenoxy) is 2. The van der Waals surface area contributed by atoms with Gasteiger partial charge >= 0.3 is 11.9 Å². The fraction of sp³-hybridized carbons (Fsp3) is 0.385. The van der Waals surface area contributed by atoms with Crippen molar-refractivity contribution < 1.29 is 24.0 Å². The maximum absolute atomic E-state index is 11.4. The van der Waals surface area contributed by atoms with Crippen LogP contribution < -0.4 is 0 Å². The first-order chi connectivity index (χ1) is 9.38. The molecule has 0 aliphatic rings. The van der Waals surface area contributed by atoms with Crippen LogP contribution in [-0.4, -0.2) is 23.0 Å². The molecule has 0 radical (unpaired) electrons. The van der Waals surface area contributed by atoms with Gasteiger partial charge in [0, 0.05) is 12.1 Å². The van der Waals surface area contributed by atoms with Crippen molar-refractivity contribution >= 4 is 17.6 Å². The van der Waals surface area contributed by atoms with Crippen LogP contribution in [0.1, 0.15) is 25.8 Å². The molecule has 0 saturated heterocycles. The molecule has 108 valence electrons. The second-order valence-electron chi connectivity index (χ2n) is 4.30. The SMILES string of the molecule is CC(C)OC(=O)CC(=O)OCc1ccc([N+](=O)[O-])cc1. The van der Waals surface area contributed by atoms with Gasteiger partial charge in [-0.15, -0.1) is 0 Å². The zero-order valence-electron chi connectivity index (χ0n) is 11.2. The molecule has 7 nitrogen and oxygen atoms in total. The van der Waals surface area contributed by atoms with E-state index in [1.807, 2.05) is 0 Å². The van der Waals surface area contributed by atoms with Gasteiger partial charge < -0.3 is 9.47 Å². The van der Waals surface area contributed by atoms with Crippen LogP contribution in [0.4, 0.5) is 5.69 Å². The Morgan fingerprint density at radius 2 is 1.80 bits per heavy atom. The molecule has 0 aliphatic heterocycles. The van der Waals surface area contributed by atoms with Crippen molar-refractivity contribution in [1.82, 2.24) is 0 Å². The lowest BCUT2D eigenvalue weighted by Gasteiger charge is -2.08. The van der Waals surface area contributed by atoms with Crippen molar-refractivity contribution in [2.24, 2.45) is 0 Å². The summed E-state index contributed by atoms with van der Waals surface area (Å²) in [6, 6.07) is 5.60. The normalized spacial score (nSPS) is 10.2. The number of rotatable bonds is 6. The second kappa shape index (κ2) is 7.22. The third-order valence-corrected chi connectivity index (χ3v) is 2.20. The fourth-order valence-corrected chi connectivity index (χ4v) is 1.35. The molecule has 0 amide bonds. The van der Waals surface area contributed by atoms with Crippen molar-refractivity contribution in [2.45, 2.75) is 33.0 Å². The topological polar surface area (TPSA) is 95.7 Å². The van der Waals surface area contributed by atoms with E-state index in [1.165, 1.54) is 24.3 Å². The summed E-state index contributed by atoms with van der Waals surface area (Å²) in [6.07, 6.45) is -0.740. The molecule has 0 aromatic heterocycles. The average molecular weight is 281 g/mol. The Morgan fingerprint density at radius 3 is 2.30 bits per heavy atom. The minimum atomic E-state index is -0.700. The maximum Gasteiger partial charge on any atom is 0.317 e. The van der Waals surface area contributed by atoms with Gasteiger partial charge in [-0.1, -0.05) is 0 Å². The highest BCUT2D eigenvalue weighted by Gasteiger charge is 2.13. The molecular formula is C13H15NO6. The molecule has 0 bridgehead atoms. The molecule has 0 N–H and O–H groups in total. The predicted molar refractivity (Wildman–Crippen MR) is 68.7 cm³/mol. The van der Waals surface area contributed by atoms with Crippen LogP contribution in [-0.2, 0) is 25.7 Å². The van der Waals surface area contributed by atoms with Crippen LogP contribution in [0.15, 0.2) is 24.3 Å². The summed E-state index contributed by atoms with van der Waals surface area (Å²) in [5.41, 5.74) is 0.557. The van der Waals surface area contributed by atoms with Crippen molar-refractivity contribution in [1.29, 1.82) is 0 Å². The summed E-state index contributed by atoms with van der Waals surface area (Å²) < 4.78 is 9.67. The van der Waals surface area contributed by atoms with E-state index in [0.717, 1.165) is 0 Å². The van der Waals surface area contributed by atoms with E-state index in [4.69, 9.17) is 9.47 Å². The molecule has 0 fully saturated rings. The summed E-state index contributed by atoms with van der Waals surface area (Å²) in [5, 5.41) is 10.5. The van der Waals surface area contributed by atoms with Crippen LogP contribution in [0.25, 0.3) is 0 Å². The van der Waals surface area contributed by atoms with E-state index in [-0.39, 0.29) is 18.4 Å². The van der Waals surface area contributed by atoms with Crippen molar-refractivity contribution in [2.75, 3.05) is 0 Å². The number of nitrogens with zero attached hydrogens (tertiary/aromatic N) is 1.